The summed E-state index contributed by atoms with van der Waals surface area (Å²) in [5, 5.41) is 0. The lowest BCUT2D eigenvalue weighted by molar-refractivity contribution is -0.131. The van der Waals surface area contributed by atoms with E-state index in [9.17, 15) is 9.59 Å². The van der Waals surface area contributed by atoms with Crippen molar-refractivity contribution in [3.63, 3.8) is 0 Å². The van der Waals surface area contributed by atoms with Gasteiger partial charge in [0.05, 0.1) is 12.1 Å². The molecule has 1 aromatic heterocycles. The van der Waals surface area contributed by atoms with Crippen LogP contribution in [0, 0.1) is 6.92 Å². The first kappa shape index (κ1) is 23.5. The van der Waals surface area contributed by atoms with Crippen molar-refractivity contribution in [1.82, 2.24) is 19.4 Å². The topological polar surface area (TPSA) is 67.7 Å². The molecule has 2 heterocycles. The number of aromatic nitrogens is 2. The summed E-state index contributed by atoms with van der Waals surface area (Å²) >= 11 is 0. The van der Waals surface area contributed by atoms with E-state index in [4.69, 9.17) is 4.74 Å². The van der Waals surface area contributed by atoms with Crippen molar-refractivity contribution in [2.45, 2.75) is 46.4 Å². The van der Waals surface area contributed by atoms with E-state index in [0.717, 1.165) is 22.7 Å². The van der Waals surface area contributed by atoms with Crippen LogP contribution in [0.1, 0.15) is 54.1 Å². The van der Waals surface area contributed by atoms with Gasteiger partial charge in [-0.2, -0.15) is 0 Å². The summed E-state index contributed by atoms with van der Waals surface area (Å²) in [5.41, 5.74) is 2.61. The van der Waals surface area contributed by atoms with E-state index in [1.807, 2.05) is 89.9 Å². The number of rotatable bonds is 6. The Kier molecular flexibility index (Phi) is 7.01. The smallest absolute Gasteiger partial charge is 0.254 e. The molecule has 3 aromatic rings. The van der Waals surface area contributed by atoms with E-state index >= 15 is 0 Å². The molecule has 1 saturated heterocycles. The monoisotopic (exact) mass is 460 g/mol. The summed E-state index contributed by atoms with van der Waals surface area (Å²) < 4.78 is 7.81. The van der Waals surface area contributed by atoms with Gasteiger partial charge in [0.1, 0.15) is 11.6 Å². The second kappa shape index (κ2) is 10.1. The van der Waals surface area contributed by atoms with E-state index in [2.05, 4.69) is 4.98 Å². The molecule has 4 rings (SSSR count). The molecular formula is C27H32N4O3. The zero-order chi connectivity index (χ0) is 24.2. The van der Waals surface area contributed by atoms with Gasteiger partial charge in [0, 0.05) is 51.1 Å². The van der Waals surface area contributed by atoms with Crippen LogP contribution >= 0.6 is 0 Å². The highest BCUT2D eigenvalue weighted by Crippen LogP contribution is 2.30. The molecule has 0 bridgehead atoms. The van der Waals surface area contributed by atoms with Gasteiger partial charge < -0.3 is 19.1 Å². The van der Waals surface area contributed by atoms with Crippen LogP contribution in [0.5, 0.6) is 5.75 Å². The molecule has 1 fully saturated rings. The Morgan fingerprint density at radius 3 is 2.47 bits per heavy atom. The van der Waals surface area contributed by atoms with Gasteiger partial charge in [0.15, 0.2) is 0 Å². The van der Waals surface area contributed by atoms with E-state index < -0.39 is 0 Å². The summed E-state index contributed by atoms with van der Waals surface area (Å²) in [5.74, 6) is 1.69. The van der Waals surface area contributed by atoms with Gasteiger partial charge in [-0.05, 0) is 50.1 Å². The minimum Gasteiger partial charge on any atom is -0.491 e. The average Bonchev–Trinajstić information content (AvgIpc) is 3.23. The number of benzene rings is 2. The lowest BCUT2D eigenvalue weighted by Gasteiger charge is -2.41. The predicted octanol–water partition coefficient (Wildman–Crippen LogP) is 4.07. The SMILES string of the molecule is CC(=O)N1CCN(C(=O)c2ccccc2Cn2ccnc2C)[C@H](c2ccc(OC(C)C)cc2)C1. The number of hydrogen-bond donors (Lipinski definition) is 0. The number of amides is 2. The predicted molar refractivity (Wildman–Crippen MR) is 131 cm³/mol. The van der Waals surface area contributed by atoms with Crippen molar-refractivity contribution in [1.29, 1.82) is 0 Å². The number of carbonyl (C=O) groups is 2. The number of aryl methyl sites for hydroxylation is 1. The molecule has 1 atom stereocenters. The average molecular weight is 461 g/mol. The van der Waals surface area contributed by atoms with Crippen LogP contribution in [-0.4, -0.2) is 56.9 Å². The Bertz CT molecular complexity index is 1150. The second-order valence-corrected chi connectivity index (χ2v) is 8.97. The molecule has 0 spiro atoms. The van der Waals surface area contributed by atoms with Crippen molar-refractivity contribution in [3.8, 4) is 5.75 Å². The zero-order valence-electron chi connectivity index (χ0n) is 20.3. The maximum absolute atomic E-state index is 13.9. The molecule has 0 radical (unpaired) electrons. The first-order valence-electron chi connectivity index (χ1n) is 11.7. The van der Waals surface area contributed by atoms with Crippen molar-refractivity contribution in [3.05, 3.63) is 83.4 Å². The Morgan fingerprint density at radius 1 is 1.09 bits per heavy atom. The molecule has 7 heteroatoms. The quantitative estimate of drug-likeness (QED) is 0.556. The molecular weight excluding hydrogens is 428 g/mol. The highest BCUT2D eigenvalue weighted by Gasteiger charge is 2.33. The standard InChI is InChI=1S/C27H32N4O3/c1-19(2)34-24-11-9-22(10-12-24)26-18-30(21(4)32)15-16-31(26)27(33)25-8-6-5-7-23(25)17-29-14-13-28-20(29)3/h5-14,19,26H,15-18H2,1-4H3/t26-/m0/s1. The van der Waals surface area contributed by atoms with E-state index in [1.54, 1.807) is 13.1 Å². The number of piperazine rings is 1. The van der Waals surface area contributed by atoms with Crippen molar-refractivity contribution < 1.29 is 14.3 Å². The van der Waals surface area contributed by atoms with E-state index in [0.29, 0.717) is 31.7 Å². The maximum Gasteiger partial charge on any atom is 0.254 e. The Morgan fingerprint density at radius 2 is 1.82 bits per heavy atom. The van der Waals surface area contributed by atoms with Crippen LogP contribution in [0.2, 0.25) is 0 Å². The Labute approximate surface area is 201 Å². The summed E-state index contributed by atoms with van der Waals surface area (Å²) in [6, 6.07) is 15.3. The number of nitrogens with zero attached hydrogens (tertiary/aromatic N) is 4. The van der Waals surface area contributed by atoms with Crippen molar-refractivity contribution >= 4 is 11.8 Å². The fraction of sp³-hybridized carbons (Fsp3) is 0.370. The molecule has 0 N–H and O–H groups in total. The first-order chi connectivity index (χ1) is 16.3. The van der Waals surface area contributed by atoms with Gasteiger partial charge in [0.25, 0.3) is 5.91 Å². The molecule has 1 aliphatic rings. The summed E-state index contributed by atoms with van der Waals surface area (Å²) in [6.45, 7) is 9.55. The third-order valence-electron chi connectivity index (χ3n) is 6.24. The number of ether oxygens (including phenoxy) is 1. The lowest BCUT2D eigenvalue weighted by atomic mass is 9.99. The second-order valence-electron chi connectivity index (χ2n) is 8.97. The Hall–Kier alpha value is -3.61. The minimum absolute atomic E-state index is 0.0212. The molecule has 34 heavy (non-hydrogen) atoms. The van der Waals surface area contributed by atoms with Gasteiger partial charge in [-0.15, -0.1) is 0 Å². The highest BCUT2D eigenvalue weighted by molar-refractivity contribution is 5.96. The normalized spacial score (nSPS) is 16.1. The minimum atomic E-state index is -0.235. The lowest BCUT2D eigenvalue weighted by Crippen LogP contribution is -2.52. The highest BCUT2D eigenvalue weighted by atomic mass is 16.5. The summed E-state index contributed by atoms with van der Waals surface area (Å²) in [7, 11) is 0. The molecule has 1 aliphatic heterocycles. The fourth-order valence-electron chi connectivity index (χ4n) is 4.41. The zero-order valence-corrected chi connectivity index (χ0v) is 20.3. The van der Waals surface area contributed by atoms with Gasteiger partial charge in [-0.1, -0.05) is 30.3 Å². The van der Waals surface area contributed by atoms with Gasteiger partial charge in [-0.25, -0.2) is 4.98 Å². The van der Waals surface area contributed by atoms with Crippen LogP contribution < -0.4 is 4.74 Å². The van der Waals surface area contributed by atoms with Gasteiger partial charge in [-0.3, -0.25) is 9.59 Å². The largest absolute Gasteiger partial charge is 0.491 e. The fourth-order valence-corrected chi connectivity index (χ4v) is 4.41. The third kappa shape index (κ3) is 5.14. The Balaban J connectivity index is 1.64. The van der Waals surface area contributed by atoms with E-state index in [1.165, 1.54) is 0 Å². The molecule has 0 unspecified atom stereocenters. The molecule has 2 amide bonds. The number of carbonyl (C=O) groups excluding carboxylic acids is 2. The summed E-state index contributed by atoms with van der Waals surface area (Å²) in [4.78, 5) is 34.0. The third-order valence-corrected chi connectivity index (χ3v) is 6.24. The number of imidazole rings is 1. The molecule has 178 valence electrons. The van der Waals surface area contributed by atoms with Crippen LogP contribution in [0.25, 0.3) is 0 Å². The van der Waals surface area contributed by atoms with Crippen LogP contribution in [-0.2, 0) is 11.3 Å². The first-order valence-corrected chi connectivity index (χ1v) is 11.7. The van der Waals surface area contributed by atoms with E-state index in [-0.39, 0.29) is 24.0 Å². The summed E-state index contributed by atoms with van der Waals surface area (Å²) in [6.07, 6.45) is 3.78. The van der Waals surface area contributed by atoms with Crippen LogP contribution in [0.15, 0.2) is 60.9 Å². The van der Waals surface area contributed by atoms with Gasteiger partial charge in [0.2, 0.25) is 5.91 Å². The van der Waals surface area contributed by atoms with Crippen molar-refractivity contribution in [2.24, 2.45) is 0 Å². The molecule has 0 saturated carbocycles. The van der Waals surface area contributed by atoms with Crippen LogP contribution in [0.3, 0.4) is 0 Å². The van der Waals surface area contributed by atoms with Crippen LogP contribution in [0.4, 0.5) is 0 Å². The van der Waals surface area contributed by atoms with Crippen molar-refractivity contribution in [2.75, 3.05) is 19.6 Å². The molecule has 7 nitrogen and oxygen atoms in total. The molecule has 0 aliphatic carbocycles. The van der Waals surface area contributed by atoms with Gasteiger partial charge >= 0.3 is 0 Å². The number of hydrogen-bond acceptors (Lipinski definition) is 4. The maximum atomic E-state index is 13.9. The molecule has 2 aromatic carbocycles.